The minimum absolute atomic E-state index is 0.245. The minimum Gasteiger partial charge on any atom is -0.376 e. The van der Waals surface area contributed by atoms with Gasteiger partial charge in [0.25, 0.3) is 0 Å². The zero-order valence-corrected chi connectivity index (χ0v) is 13.2. The number of benzene rings is 1. The van der Waals surface area contributed by atoms with Gasteiger partial charge >= 0.3 is 0 Å². The van der Waals surface area contributed by atoms with Crippen LogP contribution in [0.4, 0.5) is 5.69 Å². The Balaban J connectivity index is 1.92. The molecule has 0 aliphatic carbocycles. The van der Waals surface area contributed by atoms with Gasteiger partial charge in [-0.3, -0.25) is 0 Å². The third-order valence-corrected chi connectivity index (χ3v) is 4.23. The Labute approximate surface area is 131 Å². The van der Waals surface area contributed by atoms with Crippen molar-refractivity contribution in [2.45, 2.75) is 19.0 Å². The van der Waals surface area contributed by atoms with Gasteiger partial charge < -0.3 is 10.6 Å². The number of hydrogen-bond donors (Lipinski definition) is 2. The molecule has 2 heterocycles. The Morgan fingerprint density at radius 3 is 3.10 bits per heavy atom. The highest BCUT2D eigenvalue weighted by Crippen LogP contribution is 2.31. The molecule has 0 bridgehead atoms. The van der Waals surface area contributed by atoms with Crippen LogP contribution in [0.5, 0.6) is 0 Å². The van der Waals surface area contributed by atoms with E-state index in [2.05, 4.69) is 55.8 Å². The van der Waals surface area contributed by atoms with Gasteiger partial charge in [-0.1, -0.05) is 35.9 Å². The highest BCUT2D eigenvalue weighted by atomic mass is 79.9. The van der Waals surface area contributed by atoms with Gasteiger partial charge in [0.1, 0.15) is 0 Å². The number of nitrogens with zero attached hydrogens (tertiary/aromatic N) is 1. The van der Waals surface area contributed by atoms with E-state index in [0.717, 1.165) is 29.7 Å². The number of halogens is 2. The maximum atomic E-state index is 6.17. The standard InChI is InChI=1S/C15H15BrClN3/c16-11-7-14(15(17)19-9-11)20-13-5-6-18-8-10-3-1-2-4-12(10)13/h1-4,7,9,13,18,20H,5-6,8H2. The lowest BCUT2D eigenvalue weighted by molar-refractivity contribution is 0.637. The Morgan fingerprint density at radius 1 is 1.35 bits per heavy atom. The Kier molecular flexibility index (Phi) is 4.24. The average molecular weight is 353 g/mol. The van der Waals surface area contributed by atoms with Crippen LogP contribution in [0.15, 0.2) is 41.0 Å². The second-order valence-electron chi connectivity index (χ2n) is 4.85. The van der Waals surface area contributed by atoms with Crippen molar-refractivity contribution in [2.75, 3.05) is 11.9 Å². The normalized spacial score (nSPS) is 18.2. The Hall–Kier alpha value is -1.10. The zero-order chi connectivity index (χ0) is 13.9. The van der Waals surface area contributed by atoms with Gasteiger partial charge in [-0.2, -0.15) is 0 Å². The highest BCUT2D eigenvalue weighted by molar-refractivity contribution is 9.10. The van der Waals surface area contributed by atoms with E-state index in [1.54, 1.807) is 6.20 Å². The van der Waals surface area contributed by atoms with Crippen molar-refractivity contribution < 1.29 is 0 Å². The van der Waals surface area contributed by atoms with Crippen LogP contribution < -0.4 is 10.6 Å². The fourth-order valence-corrected chi connectivity index (χ4v) is 3.01. The summed E-state index contributed by atoms with van der Waals surface area (Å²) in [5, 5.41) is 7.47. The number of anilines is 1. The third-order valence-electron chi connectivity index (χ3n) is 3.49. The van der Waals surface area contributed by atoms with Crippen LogP contribution in [0.25, 0.3) is 0 Å². The van der Waals surface area contributed by atoms with E-state index >= 15 is 0 Å². The van der Waals surface area contributed by atoms with E-state index < -0.39 is 0 Å². The van der Waals surface area contributed by atoms with Gasteiger partial charge in [0.2, 0.25) is 0 Å². The van der Waals surface area contributed by atoms with Crippen molar-refractivity contribution in [1.82, 2.24) is 10.3 Å². The van der Waals surface area contributed by atoms with Crippen LogP contribution in [-0.2, 0) is 6.54 Å². The summed E-state index contributed by atoms with van der Waals surface area (Å²) in [6, 6.07) is 10.7. The van der Waals surface area contributed by atoms with E-state index in [4.69, 9.17) is 11.6 Å². The minimum atomic E-state index is 0.245. The first kappa shape index (κ1) is 13.9. The predicted octanol–water partition coefficient (Wildman–Crippen LogP) is 4.14. The monoisotopic (exact) mass is 351 g/mol. The molecule has 5 heteroatoms. The van der Waals surface area contributed by atoms with Gasteiger partial charge in [0, 0.05) is 17.2 Å². The van der Waals surface area contributed by atoms with E-state index in [9.17, 15) is 0 Å². The molecule has 1 aliphatic rings. The van der Waals surface area contributed by atoms with Crippen molar-refractivity contribution >= 4 is 33.2 Å². The number of rotatable bonds is 2. The summed E-state index contributed by atoms with van der Waals surface area (Å²) < 4.78 is 0.921. The number of aromatic nitrogens is 1. The molecule has 0 saturated heterocycles. The zero-order valence-electron chi connectivity index (χ0n) is 10.9. The van der Waals surface area contributed by atoms with Gasteiger partial charge in [-0.15, -0.1) is 0 Å². The molecule has 1 aromatic carbocycles. The van der Waals surface area contributed by atoms with Crippen molar-refractivity contribution in [2.24, 2.45) is 0 Å². The van der Waals surface area contributed by atoms with Crippen molar-refractivity contribution in [1.29, 1.82) is 0 Å². The molecule has 1 atom stereocenters. The first-order valence-corrected chi connectivity index (χ1v) is 7.77. The predicted molar refractivity (Wildman–Crippen MR) is 86.1 cm³/mol. The van der Waals surface area contributed by atoms with E-state index in [1.165, 1.54) is 11.1 Å². The topological polar surface area (TPSA) is 37.0 Å². The summed E-state index contributed by atoms with van der Waals surface area (Å²) in [6.07, 6.45) is 2.72. The molecule has 0 saturated carbocycles. The molecular formula is C15H15BrClN3. The molecule has 20 heavy (non-hydrogen) atoms. The third kappa shape index (κ3) is 2.97. The molecule has 0 spiro atoms. The van der Waals surface area contributed by atoms with Crippen molar-refractivity contribution in [3.05, 3.63) is 57.3 Å². The average Bonchev–Trinajstić information content (AvgIpc) is 2.66. The van der Waals surface area contributed by atoms with E-state index in [1.807, 2.05) is 6.07 Å². The second kappa shape index (κ2) is 6.12. The first-order chi connectivity index (χ1) is 9.74. The van der Waals surface area contributed by atoms with Gasteiger partial charge in [0.05, 0.1) is 11.7 Å². The fraction of sp³-hybridized carbons (Fsp3) is 0.267. The summed E-state index contributed by atoms with van der Waals surface area (Å²) in [4.78, 5) is 4.16. The number of nitrogens with one attached hydrogen (secondary N) is 2. The maximum Gasteiger partial charge on any atom is 0.152 e. The summed E-state index contributed by atoms with van der Waals surface area (Å²) in [5.41, 5.74) is 3.53. The van der Waals surface area contributed by atoms with Crippen LogP contribution in [0.1, 0.15) is 23.6 Å². The summed E-state index contributed by atoms with van der Waals surface area (Å²) >= 11 is 9.61. The number of pyridine rings is 1. The maximum absolute atomic E-state index is 6.17. The second-order valence-corrected chi connectivity index (χ2v) is 6.13. The number of hydrogen-bond acceptors (Lipinski definition) is 3. The smallest absolute Gasteiger partial charge is 0.152 e. The summed E-state index contributed by atoms with van der Waals surface area (Å²) in [5.74, 6) is 0. The molecule has 0 radical (unpaired) electrons. The quantitative estimate of drug-likeness (QED) is 0.798. The first-order valence-electron chi connectivity index (χ1n) is 6.60. The van der Waals surface area contributed by atoms with Gasteiger partial charge in [0.15, 0.2) is 5.15 Å². The van der Waals surface area contributed by atoms with Crippen LogP contribution >= 0.6 is 27.5 Å². The molecule has 3 rings (SSSR count). The van der Waals surface area contributed by atoms with Gasteiger partial charge in [-0.05, 0) is 46.1 Å². The molecule has 1 aromatic heterocycles. The molecule has 0 fully saturated rings. The molecular weight excluding hydrogens is 338 g/mol. The van der Waals surface area contributed by atoms with E-state index in [-0.39, 0.29) is 6.04 Å². The SMILES string of the molecule is Clc1ncc(Br)cc1NC1CCNCc2ccccc21. The lowest BCUT2D eigenvalue weighted by atomic mass is 9.99. The summed E-state index contributed by atoms with van der Waals surface area (Å²) in [7, 11) is 0. The molecule has 3 nitrogen and oxygen atoms in total. The molecule has 2 aromatic rings. The van der Waals surface area contributed by atoms with E-state index in [0.29, 0.717) is 5.15 Å². The fourth-order valence-electron chi connectivity index (χ4n) is 2.52. The molecule has 104 valence electrons. The largest absolute Gasteiger partial charge is 0.376 e. The Morgan fingerprint density at radius 2 is 2.20 bits per heavy atom. The molecule has 0 amide bonds. The van der Waals surface area contributed by atoms with Crippen molar-refractivity contribution in [3.63, 3.8) is 0 Å². The van der Waals surface area contributed by atoms with Crippen LogP contribution in [-0.4, -0.2) is 11.5 Å². The van der Waals surface area contributed by atoms with Crippen molar-refractivity contribution in [3.8, 4) is 0 Å². The summed E-state index contributed by atoms with van der Waals surface area (Å²) in [6.45, 7) is 1.89. The van der Waals surface area contributed by atoms with Crippen LogP contribution in [0, 0.1) is 0 Å². The van der Waals surface area contributed by atoms with Crippen LogP contribution in [0.3, 0.4) is 0 Å². The lowest BCUT2D eigenvalue weighted by Crippen LogP contribution is -2.15. The number of fused-ring (bicyclic) bond motifs is 1. The molecule has 1 aliphatic heterocycles. The van der Waals surface area contributed by atoms with Crippen LogP contribution in [0.2, 0.25) is 5.15 Å². The molecule has 1 unspecified atom stereocenters. The van der Waals surface area contributed by atoms with Gasteiger partial charge in [-0.25, -0.2) is 4.98 Å². The lowest BCUT2D eigenvalue weighted by Gasteiger charge is -2.20. The Bertz CT molecular complexity index is 618. The molecule has 2 N–H and O–H groups in total. The highest BCUT2D eigenvalue weighted by Gasteiger charge is 2.19.